The number of furan rings is 1. The Balaban J connectivity index is 1.36. The largest absolute Gasteiger partial charge is 0.469 e. The molecular formula is C24H29N5O3S. The lowest BCUT2D eigenvalue weighted by molar-refractivity contribution is -0.121. The topological polar surface area (TPSA) is 90.7 Å². The van der Waals surface area contributed by atoms with E-state index < -0.39 is 0 Å². The Kier molecular flexibility index (Phi) is 7.54. The minimum atomic E-state index is -0.275. The highest BCUT2D eigenvalue weighted by Gasteiger charge is 2.22. The average molecular weight is 468 g/mol. The first-order valence-electron chi connectivity index (χ1n) is 11.0. The monoisotopic (exact) mass is 467 g/mol. The molecule has 9 heteroatoms. The first-order valence-corrected chi connectivity index (χ1v) is 11.9. The lowest BCUT2D eigenvalue weighted by Crippen LogP contribution is -2.48. The number of aromatic nitrogens is 1. The molecule has 33 heavy (non-hydrogen) atoms. The first kappa shape index (κ1) is 23.2. The maximum absolute atomic E-state index is 12.9. The molecule has 2 aromatic heterocycles. The van der Waals surface area contributed by atoms with Crippen molar-refractivity contribution in [1.82, 2.24) is 20.1 Å². The molecule has 1 unspecified atom stereocenters. The molecule has 2 amide bonds. The second-order valence-electron chi connectivity index (χ2n) is 8.30. The van der Waals surface area contributed by atoms with Crippen molar-refractivity contribution in [3.63, 3.8) is 0 Å². The van der Waals surface area contributed by atoms with Crippen molar-refractivity contribution in [2.45, 2.75) is 19.4 Å². The van der Waals surface area contributed by atoms with Crippen molar-refractivity contribution in [3.05, 3.63) is 70.6 Å². The Morgan fingerprint density at radius 1 is 1.15 bits per heavy atom. The summed E-state index contributed by atoms with van der Waals surface area (Å²) >= 11 is 1.30. The van der Waals surface area contributed by atoms with Crippen LogP contribution in [0.1, 0.15) is 33.4 Å². The van der Waals surface area contributed by atoms with E-state index in [0.717, 1.165) is 38.3 Å². The van der Waals surface area contributed by atoms with E-state index in [9.17, 15) is 9.59 Å². The van der Waals surface area contributed by atoms with E-state index >= 15 is 0 Å². The van der Waals surface area contributed by atoms with Crippen LogP contribution < -0.4 is 10.6 Å². The van der Waals surface area contributed by atoms with Gasteiger partial charge in [-0.1, -0.05) is 30.3 Å². The molecule has 1 fully saturated rings. The summed E-state index contributed by atoms with van der Waals surface area (Å²) in [6.07, 6.45) is 1.64. The van der Waals surface area contributed by atoms with Gasteiger partial charge in [-0.2, -0.15) is 0 Å². The Bertz CT molecular complexity index is 1070. The quantitative estimate of drug-likeness (QED) is 0.529. The highest BCUT2D eigenvalue weighted by molar-refractivity contribution is 7.14. The van der Waals surface area contributed by atoms with Crippen molar-refractivity contribution < 1.29 is 14.0 Å². The van der Waals surface area contributed by atoms with Crippen molar-refractivity contribution >= 4 is 28.3 Å². The number of nitrogens with zero attached hydrogens (tertiary/aromatic N) is 3. The summed E-state index contributed by atoms with van der Waals surface area (Å²) in [7, 11) is 2.13. The molecule has 0 bridgehead atoms. The fourth-order valence-electron chi connectivity index (χ4n) is 3.85. The van der Waals surface area contributed by atoms with Gasteiger partial charge in [0.25, 0.3) is 5.91 Å². The SMILES string of the molecule is Cc1occc1C(=O)Nc1nc(CC(=O)NC(CN2CCN(C)CC2)c2ccccc2)cs1. The lowest BCUT2D eigenvalue weighted by Gasteiger charge is -2.35. The van der Waals surface area contributed by atoms with Gasteiger partial charge in [-0.05, 0) is 25.6 Å². The van der Waals surface area contributed by atoms with Gasteiger partial charge in [0, 0.05) is 38.1 Å². The number of carbonyl (C=O) groups is 2. The van der Waals surface area contributed by atoms with Gasteiger partial charge in [-0.15, -0.1) is 11.3 Å². The van der Waals surface area contributed by atoms with E-state index in [1.165, 1.54) is 17.6 Å². The zero-order valence-corrected chi connectivity index (χ0v) is 19.7. The van der Waals surface area contributed by atoms with Crippen LogP contribution in [0, 0.1) is 6.92 Å². The Morgan fingerprint density at radius 3 is 2.61 bits per heavy atom. The van der Waals surface area contributed by atoms with Gasteiger partial charge >= 0.3 is 0 Å². The molecule has 4 rings (SSSR count). The van der Waals surface area contributed by atoms with Crippen LogP contribution in [-0.4, -0.2) is 66.4 Å². The number of hydrogen-bond acceptors (Lipinski definition) is 7. The Hall–Kier alpha value is -3.01. The molecule has 3 heterocycles. The molecular weight excluding hydrogens is 438 g/mol. The van der Waals surface area contributed by atoms with Crippen LogP contribution in [0.4, 0.5) is 5.13 Å². The third-order valence-corrected chi connectivity index (χ3v) is 6.60. The van der Waals surface area contributed by atoms with Crippen LogP contribution in [0.3, 0.4) is 0 Å². The van der Waals surface area contributed by atoms with Crippen molar-refractivity contribution in [2.24, 2.45) is 0 Å². The zero-order valence-electron chi connectivity index (χ0n) is 18.9. The van der Waals surface area contributed by atoms with Crippen LogP contribution >= 0.6 is 11.3 Å². The minimum absolute atomic E-state index is 0.0909. The molecule has 0 spiro atoms. The number of rotatable bonds is 8. The number of aryl methyl sites for hydroxylation is 1. The molecule has 1 aliphatic heterocycles. The Morgan fingerprint density at radius 2 is 1.91 bits per heavy atom. The smallest absolute Gasteiger partial charge is 0.260 e. The van der Waals surface area contributed by atoms with Gasteiger partial charge < -0.3 is 14.6 Å². The lowest BCUT2D eigenvalue weighted by atomic mass is 10.1. The zero-order chi connectivity index (χ0) is 23.2. The van der Waals surface area contributed by atoms with Gasteiger partial charge in [0.15, 0.2) is 5.13 Å². The summed E-state index contributed by atoms with van der Waals surface area (Å²) in [4.78, 5) is 34.4. The van der Waals surface area contributed by atoms with Gasteiger partial charge in [0.1, 0.15) is 5.76 Å². The molecule has 3 aromatic rings. The van der Waals surface area contributed by atoms with E-state index in [1.54, 1.807) is 18.4 Å². The summed E-state index contributed by atoms with van der Waals surface area (Å²) in [6, 6.07) is 11.6. The molecule has 1 saturated heterocycles. The highest BCUT2D eigenvalue weighted by atomic mass is 32.1. The second-order valence-corrected chi connectivity index (χ2v) is 9.16. The molecule has 2 N–H and O–H groups in total. The number of carbonyl (C=O) groups excluding carboxylic acids is 2. The van der Waals surface area contributed by atoms with Crippen LogP contribution in [0.15, 0.2) is 52.5 Å². The highest BCUT2D eigenvalue weighted by Crippen LogP contribution is 2.20. The predicted molar refractivity (Wildman–Crippen MR) is 128 cm³/mol. The standard InChI is InChI=1S/C24H29N5O3S/c1-17-20(8-13-32-17)23(31)27-24-25-19(16-33-24)14-22(30)26-21(18-6-4-3-5-7-18)15-29-11-9-28(2)10-12-29/h3-8,13,16,21H,9-12,14-15H2,1-2H3,(H,26,30)(H,25,27,31). The number of anilines is 1. The summed E-state index contributed by atoms with van der Waals surface area (Å²) < 4.78 is 5.18. The van der Waals surface area contributed by atoms with Gasteiger partial charge in [0.2, 0.25) is 5.91 Å². The number of thiazole rings is 1. The summed E-state index contributed by atoms with van der Waals surface area (Å²) in [5.74, 6) is 0.186. The fraction of sp³-hybridized carbons (Fsp3) is 0.375. The van der Waals surface area contributed by atoms with Crippen LogP contribution in [0.5, 0.6) is 0 Å². The van der Waals surface area contributed by atoms with Crippen LogP contribution in [0.2, 0.25) is 0 Å². The molecule has 1 aliphatic rings. The normalized spacial score (nSPS) is 15.8. The number of piperazine rings is 1. The van der Waals surface area contributed by atoms with E-state index in [0.29, 0.717) is 22.1 Å². The summed E-state index contributed by atoms with van der Waals surface area (Å²) in [5.41, 5.74) is 2.19. The van der Waals surface area contributed by atoms with Gasteiger partial charge in [-0.25, -0.2) is 4.98 Å². The van der Waals surface area contributed by atoms with Gasteiger partial charge in [0.05, 0.1) is 30.0 Å². The number of benzene rings is 1. The molecule has 1 atom stereocenters. The fourth-order valence-corrected chi connectivity index (χ4v) is 4.55. The number of amides is 2. The van der Waals surface area contributed by atoms with E-state index in [4.69, 9.17) is 4.42 Å². The summed E-state index contributed by atoms with van der Waals surface area (Å²) in [6.45, 7) is 6.54. The Labute approximate surface area is 197 Å². The summed E-state index contributed by atoms with van der Waals surface area (Å²) in [5, 5.41) is 8.22. The van der Waals surface area contributed by atoms with Crippen LogP contribution in [-0.2, 0) is 11.2 Å². The van der Waals surface area contributed by atoms with E-state index in [-0.39, 0.29) is 24.3 Å². The molecule has 0 saturated carbocycles. The third kappa shape index (κ3) is 6.28. The average Bonchev–Trinajstić information content (AvgIpc) is 3.44. The van der Waals surface area contributed by atoms with E-state index in [1.807, 2.05) is 18.2 Å². The second kappa shape index (κ2) is 10.7. The molecule has 0 aliphatic carbocycles. The van der Waals surface area contributed by atoms with Crippen molar-refractivity contribution in [2.75, 3.05) is 45.1 Å². The maximum atomic E-state index is 12.9. The van der Waals surface area contributed by atoms with Crippen LogP contribution in [0.25, 0.3) is 0 Å². The number of likely N-dealkylation sites (N-methyl/N-ethyl adjacent to an activating group) is 1. The molecule has 174 valence electrons. The molecule has 0 radical (unpaired) electrons. The van der Waals surface area contributed by atoms with Crippen molar-refractivity contribution in [3.8, 4) is 0 Å². The molecule has 1 aromatic carbocycles. The van der Waals surface area contributed by atoms with Crippen molar-refractivity contribution in [1.29, 1.82) is 0 Å². The minimum Gasteiger partial charge on any atom is -0.469 e. The third-order valence-electron chi connectivity index (χ3n) is 5.79. The maximum Gasteiger partial charge on any atom is 0.260 e. The first-order chi connectivity index (χ1) is 16.0. The van der Waals surface area contributed by atoms with Gasteiger partial charge in [-0.3, -0.25) is 19.8 Å². The number of nitrogens with one attached hydrogen (secondary N) is 2. The van der Waals surface area contributed by atoms with E-state index in [2.05, 4.69) is 44.6 Å². The molecule has 8 nitrogen and oxygen atoms in total. The number of hydrogen-bond donors (Lipinski definition) is 2. The predicted octanol–water partition coefficient (Wildman–Crippen LogP) is 2.94.